The molecule has 2 heterocycles. The summed E-state index contributed by atoms with van der Waals surface area (Å²) in [6.45, 7) is 1.08. The lowest BCUT2D eigenvalue weighted by Gasteiger charge is -2.29. The fourth-order valence-electron chi connectivity index (χ4n) is 3.71. The first-order valence-electron chi connectivity index (χ1n) is 8.70. The Balaban J connectivity index is 1.57. The Morgan fingerprint density at radius 3 is 2.79 bits per heavy atom. The number of fused-ring (bicyclic) bond motifs is 1. The second-order valence-electron chi connectivity index (χ2n) is 6.81. The standard InChI is InChI=1S/C16H23F3N4O/c17-16(18,19)12-6-4-5-11(9-12)15(24)20-10-14-22-21-13-7-2-1-3-8-23(13)14/h11-12H,1-10H2,(H,20,24)/t11-,12+/m1/s1. The summed E-state index contributed by atoms with van der Waals surface area (Å²) in [5.74, 6) is -0.576. The Bertz CT molecular complexity index is 584. The van der Waals surface area contributed by atoms with E-state index in [1.807, 2.05) is 4.57 Å². The molecule has 0 saturated heterocycles. The molecule has 134 valence electrons. The number of carbonyl (C=O) groups excluding carboxylic acids is 1. The maximum atomic E-state index is 12.9. The van der Waals surface area contributed by atoms with Crippen molar-refractivity contribution in [1.82, 2.24) is 20.1 Å². The molecule has 1 aromatic heterocycles. The monoisotopic (exact) mass is 344 g/mol. The maximum absolute atomic E-state index is 12.9. The fourth-order valence-corrected chi connectivity index (χ4v) is 3.71. The summed E-state index contributed by atoms with van der Waals surface area (Å²) in [5, 5.41) is 11.1. The molecule has 2 atom stereocenters. The number of halogens is 3. The molecule has 1 N–H and O–H groups in total. The minimum absolute atomic E-state index is 0.104. The molecular weight excluding hydrogens is 321 g/mol. The molecule has 5 nitrogen and oxygen atoms in total. The topological polar surface area (TPSA) is 59.8 Å². The molecule has 0 radical (unpaired) electrons. The van der Waals surface area contributed by atoms with E-state index in [9.17, 15) is 18.0 Å². The average Bonchev–Trinajstić information content (AvgIpc) is 2.78. The average molecular weight is 344 g/mol. The zero-order valence-corrected chi connectivity index (χ0v) is 13.6. The Hall–Kier alpha value is -1.60. The van der Waals surface area contributed by atoms with Crippen LogP contribution >= 0.6 is 0 Å². The maximum Gasteiger partial charge on any atom is 0.391 e. The lowest BCUT2D eigenvalue weighted by Crippen LogP contribution is -2.37. The van der Waals surface area contributed by atoms with Gasteiger partial charge in [-0.15, -0.1) is 10.2 Å². The second-order valence-corrected chi connectivity index (χ2v) is 6.81. The van der Waals surface area contributed by atoms with Gasteiger partial charge in [0.1, 0.15) is 5.82 Å². The third-order valence-corrected chi connectivity index (χ3v) is 5.11. The van der Waals surface area contributed by atoms with Crippen LogP contribution in [0.1, 0.15) is 56.6 Å². The Labute approximate surface area is 139 Å². The van der Waals surface area contributed by atoms with E-state index in [1.54, 1.807) is 0 Å². The number of aromatic nitrogens is 3. The van der Waals surface area contributed by atoms with Crippen LogP contribution in [0.3, 0.4) is 0 Å². The molecule has 24 heavy (non-hydrogen) atoms. The molecule has 0 unspecified atom stereocenters. The Kier molecular flexibility index (Phi) is 5.10. The van der Waals surface area contributed by atoms with Gasteiger partial charge in [-0.25, -0.2) is 0 Å². The third kappa shape index (κ3) is 3.89. The van der Waals surface area contributed by atoms with Crippen molar-refractivity contribution in [3.05, 3.63) is 11.6 Å². The molecule has 1 aromatic rings. The highest BCUT2D eigenvalue weighted by Gasteiger charge is 2.43. The number of hydrogen-bond acceptors (Lipinski definition) is 3. The van der Waals surface area contributed by atoms with Crippen LogP contribution in [0, 0.1) is 11.8 Å². The summed E-state index contributed by atoms with van der Waals surface area (Å²) < 4.78 is 40.6. The van der Waals surface area contributed by atoms with E-state index in [1.165, 1.54) is 0 Å². The van der Waals surface area contributed by atoms with E-state index in [4.69, 9.17) is 0 Å². The predicted octanol–water partition coefficient (Wildman–Crippen LogP) is 2.99. The number of hydrogen-bond donors (Lipinski definition) is 1. The van der Waals surface area contributed by atoms with Crippen LogP contribution in [0.15, 0.2) is 0 Å². The van der Waals surface area contributed by atoms with Crippen LogP contribution in [-0.2, 0) is 24.3 Å². The van der Waals surface area contributed by atoms with E-state index >= 15 is 0 Å². The minimum atomic E-state index is -4.21. The van der Waals surface area contributed by atoms with Crippen LogP contribution in [-0.4, -0.2) is 26.8 Å². The zero-order chi connectivity index (χ0) is 17.2. The molecule has 1 aliphatic heterocycles. The number of alkyl halides is 3. The van der Waals surface area contributed by atoms with Gasteiger partial charge in [0.05, 0.1) is 12.5 Å². The van der Waals surface area contributed by atoms with Crippen molar-refractivity contribution in [2.24, 2.45) is 11.8 Å². The van der Waals surface area contributed by atoms with Crippen molar-refractivity contribution in [2.75, 3.05) is 0 Å². The van der Waals surface area contributed by atoms with Gasteiger partial charge in [-0.3, -0.25) is 4.79 Å². The smallest absolute Gasteiger partial charge is 0.349 e. The quantitative estimate of drug-likeness (QED) is 0.917. The van der Waals surface area contributed by atoms with Gasteiger partial charge in [-0.1, -0.05) is 12.8 Å². The van der Waals surface area contributed by atoms with Gasteiger partial charge < -0.3 is 9.88 Å². The van der Waals surface area contributed by atoms with Gasteiger partial charge in [-0.05, 0) is 32.1 Å². The lowest BCUT2D eigenvalue weighted by molar-refractivity contribution is -0.186. The first-order chi connectivity index (χ1) is 11.4. The zero-order valence-electron chi connectivity index (χ0n) is 13.6. The summed E-state index contributed by atoms with van der Waals surface area (Å²) in [7, 11) is 0. The van der Waals surface area contributed by atoms with Crippen LogP contribution in [0.2, 0.25) is 0 Å². The number of rotatable bonds is 3. The summed E-state index contributed by atoms with van der Waals surface area (Å²) in [6.07, 6.45) is 0.973. The second kappa shape index (κ2) is 7.11. The van der Waals surface area contributed by atoms with Crippen molar-refractivity contribution in [3.8, 4) is 0 Å². The van der Waals surface area contributed by atoms with Crippen LogP contribution in [0.25, 0.3) is 0 Å². The summed E-state index contributed by atoms with van der Waals surface area (Å²) in [5.41, 5.74) is 0. The number of carbonyl (C=O) groups is 1. The van der Waals surface area contributed by atoms with Crippen molar-refractivity contribution in [3.63, 3.8) is 0 Å². The van der Waals surface area contributed by atoms with Gasteiger partial charge in [0.25, 0.3) is 0 Å². The molecule has 1 aliphatic carbocycles. The van der Waals surface area contributed by atoms with Gasteiger partial charge >= 0.3 is 6.18 Å². The highest BCUT2D eigenvalue weighted by Crippen LogP contribution is 2.39. The van der Waals surface area contributed by atoms with Crippen LogP contribution in [0.4, 0.5) is 13.2 Å². The van der Waals surface area contributed by atoms with E-state index < -0.39 is 18.0 Å². The van der Waals surface area contributed by atoms with Crippen LogP contribution < -0.4 is 5.32 Å². The van der Waals surface area contributed by atoms with Crippen molar-refractivity contribution < 1.29 is 18.0 Å². The SMILES string of the molecule is O=C(NCc1nnc2n1CCCCC2)[C@@H]1CCC[C@H](C(F)(F)F)C1. The van der Waals surface area contributed by atoms with Crippen molar-refractivity contribution in [2.45, 2.75) is 70.6 Å². The molecule has 8 heteroatoms. The summed E-state index contributed by atoms with van der Waals surface area (Å²) in [4.78, 5) is 12.3. The number of nitrogens with one attached hydrogen (secondary N) is 1. The number of amides is 1. The molecule has 0 aromatic carbocycles. The van der Waals surface area contributed by atoms with E-state index in [0.717, 1.165) is 38.1 Å². The normalized spacial score (nSPS) is 25.0. The van der Waals surface area contributed by atoms with E-state index in [0.29, 0.717) is 18.7 Å². The number of aryl methyl sites for hydroxylation is 1. The molecular formula is C16H23F3N4O. The minimum Gasteiger partial charge on any atom is -0.349 e. The van der Waals surface area contributed by atoms with Gasteiger partial charge in [0, 0.05) is 18.9 Å². The molecule has 0 spiro atoms. The van der Waals surface area contributed by atoms with Gasteiger partial charge in [0.2, 0.25) is 5.91 Å². The van der Waals surface area contributed by atoms with E-state index in [-0.39, 0.29) is 25.3 Å². The highest BCUT2D eigenvalue weighted by atomic mass is 19.4. The molecule has 1 saturated carbocycles. The largest absolute Gasteiger partial charge is 0.391 e. The van der Waals surface area contributed by atoms with E-state index in [2.05, 4.69) is 15.5 Å². The van der Waals surface area contributed by atoms with Crippen molar-refractivity contribution in [1.29, 1.82) is 0 Å². The first-order valence-corrected chi connectivity index (χ1v) is 8.70. The summed E-state index contributed by atoms with van der Waals surface area (Å²) >= 11 is 0. The molecule has 3 rings (SSSR count). The predicted molar refractivity (Wildman–Crippen MR) is 80.9 cm³/mol. The first kappa shape index (κ1) is 17.2. The fraction of sp³-hybridized carbons (Fsp3) is 0.812. The molecule has 0 bridgehead atoms. The molecule has 1 amide bonds. The van der Waals surface area contributed by atoms with Crippen LogP contribution in [0.5, 0.6) is 0 Å². The Morgan fingerprint density at radius 2 is 2.00 bits per heavy atom. The Morgan fingerprint density at radius 1 is 1.17 bits per heavy atom. The number of nitrogens with zero attached hydrogens (tertiary/aromatic N) is 3. The molecule has 2 aliphatic rings. The van der Waals surface area contributed by atoms with Crippen molar-refractivity contribution >= 4 is 5.91 Å². The molecule has 1 fully saturated rings. The van der Waals surface area contributed by atoms with Gasteiger partial charge in [0.15, 0.2) is 5.82 Å². The highest BCUT2D eigenvalue weighted by molar-refractivity contribution is 5.78. The lowest BCUT2D eigenvalue weighted by atomic mass is 9.80. The van der Waals surface area contributed by atoms with Gasteiger partial charge in [-0.2, -0.15) is 13.2 Å². The summed E-state index contributed by atoms with van der Waals surface area (Å²) in [6, 6.07) is 0. The third-order valence-electron chi connectivity index (χ3n) is 5.11.